The predicted octanol–water partition coefficient (Wildman–Crippen LogP) is 1.38. The van der Waals surface area contributed by atoms with Gasteiger partial charge in [0.05, 0.1) is 12.6 Å². The summed E-state index contributed by atoms with van der Waals surface area (Å²) in [7, 11) is 0. The van der Waals surface area contributed by atoms with Crippen molar-refractivity contribution >= 4 is 23.2 Å². The quantitative estimate of drug-likeness (QED) is 0.618. The number of nitrogens with zero attached hydrogens (tertiary/aromatic N) is 3. The van der Waals surface area contributed by atoms with Crippen molar-refractivity contribution in [3.63, 3.8) is 0 Å². The van der Waals surface area contributed by atoms with Gasteiger partial charge in [-0.3, -0.25) is 14.6 Å². The number of amides is 2. The summed E-state index contributed by atoms with van der Waals surface area (Å²) in [4.78, 5) is 31.6. The van der Waals surface area contributed by atoms with Gasteiger partial charge in [-0.25, -0.2) is 10.4 Å². The summed E-state index contributed by atoms with van der Waals surface area (Å²) in [6, 6.07) is 5.18. The molecule has 1 aliphatic heterocycles. The van der Waals surface area contributed by atoms with Crippen molar-refractivity contribution in [1.29, 1.82) is 0 Å². The number of anilines is 1. The number of nitrogens with one attached hydrogen (secondary N) is 2. The highest BCUT2D eigenvalue weighted by molar-refractivity contribution is 6.06. The zero-order valence-electron chi connectivity index (χ0n) is 14.1. The molecule has 0 aliphatic carbocycles. The number of aromatic nitrogens is 2. The van der Waals surface area contributed by atoms with Gasteiger partial charge in [0.2, 0.25) is 5.91 Å². The second-order valence-electron chi connectivity index (χ2n) is 5.46. The molecule has 2 heterocycles. The Bertz CT molecular complexity index is 838. The van der Waals surface area contributed by atoms with Crippen LogP contribution in [0.5, 0.6) is 11.5 Å². The summed E-state index contributed by atoms with van der Waals surface area (Å²) in [6.45, 7) is 2.62. The molecule has 1 aliphatic rings. The van der Waals surface area contributed by atoms with Crippen LogP contribution in [-0.4, -0.2) is 40.7 Å². The van der Waals surface area contributed by atoms with E-state index in [9.17, 15) is 9.59 Å². The summed E-state index contributed by atoms with van der Waals surface area (Å²) >= 11 is 0. The Kier molecular flexibility index (Phi) is 5.37. The highest BCUT2D eigenvalue weighted by atomic mass is 16.6. The fourth-order valence-electron chi connectivity index (χ4n) is 2.22. The minimum Gasteiger partial charge on any atom is -0.486 e. The number of hydrazone groups is 1. The highest BCUT2D eigenvalue weighted by Gasteiger charge is 2.13. The van der Waals surface area contributed by atoms with Crippen LogP contribution in [0, 0.1) is 0 Å². The molecule has 2 amide bonds. The Labute approximate surface area is 149 Å². The molecule has 1 aromatic carbocycles. The van der Waals surface area contributed by atoms with E-state index < -0.39 is 5.91 Å². The van der Waals surface area contributed by atoms with Gasteiger partial charge >= 0.3 is 0 Å². The minimum atomic E-state index is -0.496. The Balaban J connectivity index is 1.53. The van der Waals surface area contributed by atoms with Crippen LogP contribution >= 0.6 is 0 Å². The van der Waals surface area contributed by atoms with Crippen LogP contribution in [0.4, 0.5) is 5.69 Å². The third-order valence-corrected chi connectivity index (χ3v) is 3.39. The summed E-state index contributed by atoms with van der Waals surface area (Å²) in [5.41, 5.74) is 3.52. The number of benzene rings is 1. The Morgan fingerprint density at radius 3 is 2.77 bits per heavy atom. The van der Waals surface area contributed by atoms with Gasteiger partial charge in [-0.05, 0) is 19.1 Å². The molecule has 2 N–H and O–H groups in total. The first-order chi connectivity index (χ1) is 12.6. The van der Waals surface area contributed by atoms with Crippen molar-refractivity contribution in [3.8, 4) is 11.5 Å². The van der Waals surface area contributed by atoms with Crippen molar-refractivity contribution in [2.75, 3.05) is 18.5 Å². The zero-order valence-corrected chi connectivity index (χ0v) is 14.1. The molecule has 0 bridgehead atoms. The number of carbonyl (C=O) groups excluding carboxylic acids is 2. The number of hydrogen-bond donors (Lipinski definition) is 2. The summed E-state index contributed by atoms with van der Waals surface area (Å²) in [6.07, 6.45) is 4.23. The van der Waals surface area contributed by atoms with Crippen molar-refractivity contribution in [2.45, 2.75) is 13.3 Å². The number of hydrogen-bond acceptors (Lipinski definition) is 7. The normalized spacial score (nSPS) is 13.0. The van der Waals surface area contributed by atoms with Gasteiger partial charge in [-0.1, -0.05) is 0 Å². The fraction of sp³-hybridized carbons (Fsp3) is 0.235. The number of rotatable bonds is 5. The van der Waals surface area contributed by atoms with E-state index in [2.05, 4.69) is 25.8 Å². The van der Waals surface area contributed by atoms with Gasteiger partial charge in [0.1, 0.15) is 18.9 Å². The molecule has 9 heteroatoms. The molecule has 26 heavy (non-hydrogen) atoms. The lowest BCUT2D eigenvalue weighted by molar-refractivity contribution is -0.115. The van der Waals surface area contributed by atoms with Crippen LogP contribution in [0.2, 0.25) is 0 Å². The van der Waals surface area contributed by atoms with Gasteiger partial charge in [0, 0.05) is 29.9 Å². The van der Waals surface area contributed by atoms with Crippen molar-refractivity contribution < 1.29 is 19.1 Å². The van der Waals surface area contributed by atoms with Gasteiger partial charge < -0.3 is 14.8 Å². The second kappa shape index (κ2) is 8.06. The molecule has 0 saturated carbocycles. The van der Waals surface area contributed by atoms with E-state index in [1.165, 1.54) is 18.6 Å². The monoisotopic (exact) mass is 355 g/mol. The average Bonchev–Trinajstić information content (AvgIpc) is 2.66. The van der Waals surface area contributed by atoms with Gasteiger partial charge in [-0.2, -0.15) is 5.10 Å². The Morgan fingerprint density at radius 1 is 1.19 bits per heavy atom. The molecule has 0 saturated heterocycles. The SMILES string of the molecule is C/C(CC(=O)Nc1ccc2c(c1)OCCO2)=N/NC(=O)c1cnccn1. The standard InChI is InChI=1S/C17H17N5O4/c1-11(21-22-17(24)13-10-18-4-5-19-13)8-16(23)20-12-2-3-14-15(9-12)26-7-6-25-14/h2-5,9-10H,6-8H2,1H3,(H,20,23)(H,22,24)/b21-11-. The van der Waals surface area contributed by atoms with E-state index in [0.717, 1.165) is 0 Å². The van der Waals surface area contributed by atoms with Crippen LogP contribution in [0.25, 0.3) is 0 Å². The molecule has 134 valence electrons. The van der Waals surface area contributed by atoms with Gasteiger partial charge in [0.15, 0.2) is 11.5 Å². The predicted molar refractivity (Wildman–Crippen MR) is 93.3 cm³/mol. The van der Waals surface area contributed by atoms with Gasteiger partial charge in [-0.15, -0.1) is 0 Å². The molecular weight excluding hydrogens is 338 g/mol. The van der Waals surface area contributed by atoms with Crippen molar-refractivity contribution in [2.24, 2.45) is 5.10 Å². The molecular formula is C17H17N5O4. The molecule has 2 aromatic rings. The zero-order chi connectivity index (χ0) is 18.4. The molecule has 3 rings (SSSR count). The van der Waals surface area contributed by atoms with Crippen LogP contribution < -0.4 is 20.2 Å². The lowest BCUT2D eigenvalue weighted by Crippen LogP contribution is -2.22. The third-order valence-electron chi connectivity index (χ3n) is 3.39. The Morgan fingerprint density at radius 2 is 2.00 bits per heavy atom. The minimum absolute atomic E-state index is 0.0230. The van der Waals surface area contributed by atoms with Crippen LogP contribution in [0.15, 0.2) is 41.9 Å². The largest absolute Gasteiger partial charge is 0.486 e. The first-order valence-electron chi connectivity index (χ1n) is 7.91. The summed E-state index contributed by atoms with van der Waals surface area (Å²) in [5.74, 6) is 0.482. The summed E-state index contributed by atoms with van der Waals surface area (Å²) < 4.78 is 10.9. The van der Waals surface area contributed by atoms with Crippen LogP contribution in [0.3, 0.4) is 0 Å². The molecule has 0 radical (unpaired) electrons. The molecule has 0 spiro atoms. The van der Waals surface area contributed by atoms with Crippen molar-refractivity contribution in [3.05, 3.63) is 42.5 Å². The van der Waals surface area contributed by atoms with Crippen LogP contribution in [-0.2, 0) is 4.79 Å². The van der Waals surface area contributed by atoms with E-state index in [4.69, 9.17) is 9.47 Å². The third kappa shape index (κ3) is 4.53. The maximum atomic E-state index is 12.1. The number of carbonyl (C=O) groups is 2. The molecule has 0 unspecified atom stereocenters. The van der Waals surface area contributed by atoms with Gasteiger partial charge in [0.25, 0.3) is 5.91 Å². The first-order valence-corrected chi connectivity index (χ1v) is 7.91. The topological polar surface area (TPSA) is 115 Å². The first kappa shape index (κ1) is 17.3. The number of ether oxygens (including phenoxy) is 2. The molecule has 0 atom stereocenters. The molecule has 9 nitrogen and oxygen atoms in total. The second-order valence-corrected chi connectivity index (χ2v) is 5.46. The van der Waals surface area contributed by atoms with E-state index in [-0.39, 0.29) is 18.0 Å². The van der Waals surface area contributed by atoms with E-state index in [0.29, 0.717) is 36.1 Å². The summed E-state index contributed by atoms with van der Waals surface area (Å²) in [5, 5.41) is 6.65. The lowest BCUT2D eigenvalue weighted by atomic mass is 10.2. The highest BCUT2D eigenvalue weighted by Crippen LogP contribution is 2.32. The molecule has 0 fully saturated rings. The number of fused-ring (bicyclic) bond motifs is 1. The van der Waals surface area contributed by atoms with E-state index in [1.54, 1.807) is 25.1 Å². The van der Waals surface area contributed by atoms with Crippen LogP contribution in [0.1, 0.15) is 23.8 Å². The average molecular weight is 355 g/mol. The Hall–Kier alpha value is -3.49. The maximum absolute atomic E-state index is 12.1. The smallest absolute Gasteiger partial charge is 0.291 e. The van der Waals surface area contributed by atoms with Crippen molar-refractivity contribution in [1.82, 2.24) is 15.4 Å². The van der Waals surface area contributed by atoms with E-state index >= 15 is 0 Å². The molecule has 1 aromatic heterocycles. The maximum Gasteiger partial charge on any atom is 0.291 e. The van der Waals surface area contributed by atoms with E-state index in [1.807, 2.05) is 0 Å². The lowest BCUT2D eigenvalue weighted by Gasteiger charge is -2.19. The fourth-order valence-corrected chi connectivity index (χ4v) is 2.22.